The fourth-order valence-electron chi connectivity index (χ4n) is 3.68. The molecule has 27 heavy (non-hydrogen) atoms. The van der Waals surface area contributed by atoms with Crippen molar-refractivity contribution >= 4 is 17.2 Å². The van der Waals surface area contributed by atoms with Crippen LogP contribution in [-0.4, -0.2) is 48.2 Å². The fraction of sp³-hybridized carbons (Fsp3) is 0.474. The number of rotatable bonds is 6. The van der Waals surface area contributed by atoms with Gasteiger partial charge in [-0.15, -0.1) is 11.3 Å². The van der Waals surface area contributed by atoms with Crippen LogP contribution in [-0.2, 0) is 17.9 Å². The quantitative estimate of drug-likeness (QED) is 0.655. The van der Waals surface area contributed by atoms with E-state index >= 15 is 0 Å². The Hall–Kier alpha value is -2.48. The summed E-state index contributed by atoms with van der Waals surface area (Å²) in [5.41, 5.74) is 4.03. The number of carbonyl (C=O) groups is 1. The number of imidazole rings is 1. The number of aryl methyl sites for hydroxylation is 2. The SMILES string of the molecule is Cc1cnn(CCC(=O)N2CCCC(c3nccn3Cc3cscn3)C2)c1. The molecule has 1 fully saturated rings. The molecular weight excluding hydrogens is 360 g/mol. The first kappa shape index (κ1) is 17.9. The van der Waals surface area contributed by atoms with Crippen LogP contribution in [0.25, 0.3) is 0 Å². The van der Waals surface area contributed by atoms with Crippen LogP contribution >= 0.6 is 11.3 Å². The summed E-state index contributed by atoms with van der Waals surface area (Å²) >= 11 is 1.61. The first-order valence-corrected chi connectivity index (χ1v) is 10.3. The van der Waals surface area contributed by atoms with Gasteiger partial charge in [-0.05, 0) is 25.3 Å². The highest BCUT2D eigenvalue weighted by atomic mass is 32.1. The molecule has 1 atom stereocenters. The lowest BCUT2D eigenvalue weighted by Gasteiger charge is -2.32. The fourth-order valence-corrected chi connectivity index (χ4v) is 4.23. The summed E-state index contributed by atoms with van der Waals surface area (Å²) in [6, 6.07) is 0. The van der Waals surface area contributed by atoms with Gasteiger partial charge in [0.15, 0.2) is 0 Å². The lowest BCUT2D eigenvalue weighted by atomic mass is 9.96. The molecule has 7 nitrogen and oxygen atoms in total. The molecule has 3 aromatic heterocycles. The molecule has 0 radical (unpaired) electrons. The molecule has 1 aliphatic rings. The number of nitrogens with zero attached hydrogens (tertiary/aromatic N) is 6. The maximum absolute atomic E-state index is 12.7. The Bertz CT molecular complexity index is 884. The van der Waals surface area contributed by atoms with Gasteiger partial charge in [0, 0.05) is 55.9 Å². The van der Waals surface area contributed by atoms with Crippen LogP contribution in [0.4, 0.5) is 0 Å². The Morgan fingerprint density at radius 1 is 1.37 bits per heavy atom. The van der Waals surface area contributed by atoms with Gasteiger partial charge in [-0.25, -0.2) is 9.97 Å². The Morgan fingerprint density at radius 2 is 2.30 bits per heavy atom. The maximum atomic E-state index is 12.7. The Labute approximate surface area is 162 Å². The van der Waals surface area contributed by atoms with Gasteiger partial charge in [-0.1, -0.05) is 0 Å². The number of piperidine rings is 1. The summed E-state index contributed by atoms with van der Waals surface area (Å²) < 4.78 is 4.01. The maximum Gasteiger partial charge on any atom is 0.224 e. The van der Waals surface area contributed by atoms with Crippen molar-refractivity contribution in [2.75, 3.05) is 13.1 Å². The van der Waals surface area contributed by atoms with E-state index in [-0.39, 0.29) is 11.8 Å². The van der Waals surface area contributed by atoms with Gasteiger partial charge >= 0.3 is 0 Å². The average Bonchev–Trinajstić information content (AvgIpc) is 3.43. The van der Waals surface area contributed by atoms with Crippen molar-refractivity contribution in [2.45, 2.75) is 45.2 Å². The van der Waals surface area contributed by atoms with Crippen molar-refractivity contribution in [3.8, 4) is 0 Å². The van der Waals surface area contributed by atoms with Crippen molar-refractivity contribution in [3.63, 3.8) is 0 Å². The molecule has 1 aliphatic heterocycles. The average molecular weight is 385 g/mol. The minimum atomic E-state index is 0.200. The molecule has 8 heteroatoms. The summed E-state index contributed by atoms with van der Waals surface area (Å²) in [6.45, 7) is 4.95. The summed E-state index contributed by atoms with van der Waals surface area (Å²) in [5.74, 6) is 1.54. The molecule has 4 heterocycles. The Balaban J connectivity index is 1.38. The minimum absolute atomic E-state index is 0.200. The van der Waals surface area contributed by atoms with Crippen molar-refractivity contribution < 1.29 is 4.79 Å². The van der Waals surface area contributed by atoms with Crippen LogP contribution in [0.3, 0.4) is 0 Å². The lowest BCUT2D eigenvalue weighted by molar-refractivity contribution is -0.132. The van der Waals surface area contributed by atoms with Gasteiger partial charge in [0.2, 0.25) is 5.91 Å². The second-order valence-electron chi connectivity index (χ2n) is 7.10. The Kier molecular flexibility index (Phi) is 5.33. The zero-order valence-corrected chi connectivity index (χ0v) is 16.3. The van der Waals surface area contributed by atoms with Gasteiger partial charge < -0.3 is 9.47 Å². The molecule has 4 rings (SSSR count). The predicted octanol–water partition coefficient (Wildman–Crippen LogP) is 2.69. The number of hydrogen-bond acceptors (Lipinski definition) is 5. The van der Waals surface area contributed by atoms with E-state index in [4.69, 9.17) is 0 Å². The summed E-state index contributed by atoms with van der Waals surface area (Å²) in [5, 5.41) is 6.33. The molecule has 0 aromatic carbocycles. The number of hydrogen-bond donors (Lipinski definition) is 0. The van der Waals surface area contributed by atoms with Crippen LogP contribution in [0.2, 0.25) is 0 Å². The molecule has 1 saturated heterocycles. The number of carbonyl (C=O) groups excluding carboxylic acids is 1. The van der Waals surface area contributed by atoms with Crippen molar-refractivity contribution in [1.82, 2.24) is 29.2 Å². The highest BCUT2D eigenvalue weighted by molar-refractivity contribution is 7.07. The summed E-state index contributed by atoms with van der Waals surface area (Å²) in [7, 11) is 0. The third-order valence-electron chi connectivity index (χ3n) is 5.02. The zero-order chi connectivity index (χ0) is 18.6. The normalized spacial score (nSPS) is 17.4. The second-order valence-corrected chi connectivity index (χ2v) is 7.82. The summed E-state index contributed by atoms with van der Waals surface area (Å²) in [6.07, 6.45) is 10.2. The minimum Gasteiger partial charge on any atom is -0.342 e. The van der Waals surface area contributed by atoms with E-state index in [1.54, 1.807) is 11.3 Å². The number of thiazole rings is 1. The van der Waals surface area contributed by atoms with E-state index in [0.717, 1.165) is 49.6 Å². The van der Waals surface area contributed by atoms with Gasteiger partial charge in [0.05, 0.1) is 23.9 Å². The second kappa shape index (κ2) is 8.04. The molecule has 0 bridgehead atoms. The first-order chi connectivity index (χ1) is 13.2. The van der Waals surface area contributed by atoms with Crippen molar-refractivity contribution in [2.24, 2.45) is 0 Å². The van der Waals surface area contributed by atoms with Gasteiger partial charge in [0.25, 0.3) is 0 Å². The lowest BCUT2D eigenvalue weighted by Crippen LogP contribution is -2.40. The third-order valence-corrected chi connectivity index (χ3v) is 5.66. The number of likely N-dealkylation sites (tertiary alicyclic amines) is 1. The molecular formula is C19H24N6OS. The van der Waals surface area contributed by atoms with Crippen LogP contribution in [0.5, 0.6) is 0 Å². The monoisotopic (exact) mass is 384 g/mol. The van der Waals surface area contributed by atoms with E-state index in [9.17, 15) is 4.79 Å². The summed E-state index contributed by atoms with van der Waals surface area (Å²) in [4.78, 5) is 23.6. The predicted molar refractivity (Wildman–Crippen MR) is 104 cm³/mol. The molecule has 0 N–H and O–H groups in total. The standard InChI is InChI=1S/C19H24N6OS/c1-15-9-22-25(10-15)7-4-18(26)23-6-2-3-16(11-23)19-20-5-8-24(19)12-17-13-27-14-21-17/h5,8-10,13-14,16H,2-4,6-7,11-12H2,1H3. The van der Waals surface area contributed by atoms with Crippen molar-refractivity contribution in [3.05, 3.63) is 52.8 Å². The van der Waals surface area contributed by atoms with E-state index in [1.165, 1.54) is 0 Å². The van der Waals surface area contributed by atoms with Crippen LogP contribution in [0.1, 0.15) is 42.3 Å². The van der Waals surface area contributed by atoms with E-state index in [2.05, 4.69) is 25.0 Å². The van der Waals surface area contributed by atoms with Gasteiger partial charge in [-0.2, -0.15) is 5.10 Å². The smallest absolute Gasteiger partial charge is 0.224 e. The van der Waals surface area contributed by atoms with Crippen LogP contribution < -0.4 is 0 Å². The van der Waals surface area contributed by atoms with E-state index < -0.39 is 0 Å². The van der Waals surface area contributed by atoms with Crippen LogP contribution in [0.15, 0.2) is 35.7 Å². The number of amides is 1. The topological polar surface area (TPSA) is 68.8 Å². The molecule has 0 saturated carbocycles. The molecule has 1 unspecified atom stereocenters. The highest BCUT2D eigenvalue weighted by Gasteiger charge is 2.27. The molecule has 0 aliphatic carbocycles. The van der Waals surface area contributed by atoms with Crippen molar-refractivity contribution in [1.29, 1.82) is 0 Å². The third kappa shape index (κ3) is 4.27. The van der Waals surface area contributed by atoms with E-state index in [0.29, 0.717) is 13.0 Å². The van der Waals surface area contributed by atoms with E-state index in [1.807, 2.05) is 46.8 Å². The van der Waals surface area contributed by atoms with Gasteiger partial charge in [0.1, 0.15) is 5.82 Å². The first-order valence-electron chi connectivity index (χ1n) is 9.34. The zero-order valence-electron chi connectivity index (χ0n) is 15.5. The Morgan fingerprint density at radius 3 is 3.07 bits per heavy atom. The number of aromatic nitrogens is 5. The highest BCUT2D eigenvalue weighted by Crippen LogP contribution is 2.26. The molecule has 3 aromatic rings. The van der Waals surface area contributed by atoms with Gasteiger partial charge in [-0.3, -0.25) is 9.48 Å². The van der Waals surface area contributed by atoms with Crippen LogP contribution in [0, 0.1) is 6.92 Å². The largest absolute Gasteiger partial charge is 0.342 e. The molecule has 1 amide bonds. The molecule has 0 spiro atoms. The molecule has 142 valence electrons.